The topological polar surface area (TPSA) is 42.4 Å². The number of carbonyl (C=O) groups is 1. The Morgan fingerprint density at radius 1 is 1.29 bits per heavy atom. The number of hydrogen-bond acceptors (Lipinski definition) is 3. The maximum Gasteiger partial charge on any atom is 0.410 e. The molecule has 1 saturated carbocycles. The largest absolute Gasteiger partial charge is 0.444 e. The van der Waals surface area contributed by atoms with E-state index in [1.54, 1.807) is 4.90 Å². The van der Waals surface area contributed by atoms with E-state index in [1.165, 1.54) is 0 Å². The van der Waals surface area contributed by atoms with Crippen molar-refractivity contribution in [2.24, 2.45) is 5.41 Å². The van der Waals surface area contributed by atoms with Gasteiger partial charge >= 0.3 is 6.09 Å². The molecule has 0 N–H and O–H groups in total. The number of hydrogen-bond donors (Lipinski definition) is 0. The van der Waals surface area contributed by atoms with Crippen LogP contribution in [0.2, 0.25) is 0 Å². The molecule has 3 rings (SSSR count). The van der Waals surface area contributed by atoms with Crippen LogP contribution in [0.5, 0.6) is 0 Å². The van der Waals surface area contributed by atoms with Gasteiger partial charge in [-0.1, -0.05) is 0 Å². The molecule has 0 atom stereocenters. The van der Waals surface area contributed by atoms with E-state index in [0.717, 1.165) is 37.9 Å². The maximum atomic E-state index is 13.8. The molecule has 1 spiro atoms. The Kier molecular flexibility index (Phi) is 4.26. The van der Waals surface area contributed by atoms with E-state index in [0.29, 0.717) is 18.8 Å². The highest BCUT2D eigenvalue weighted by Gasteiger charge is 2.48. The summed E-state index contributed by atoms with van der Waals surface area (Å²) in [4.78, 5) is 17.8. The van der Waals surface area contributed by atoms with Gasteiger partial charge in [0, 0.05) is 25.1 Å². The third-order valence-electron chi connectivity index (χ3n) is 5.06. The molecule has 0 aromatic carbocycles. The van der Waals surface area contributed by atoms with Crippen molar-refractivity contribution in [2.45, 2.75) is 58.0 Å². The van der Waals surface area contributed by atoms with Crippen LogP contribution >= 0.6 is 0 Å². The van der Waals surface area contributed by atoms with E-state index in [9.17, 15) is 13.6 Å². The number of carbonyl (C=O) groups excluding carboxylic acids is 1. The molecular weight excluding hydrogens is 314 g/mol. The fourth-order valence-corrected chi connectivity index (χ4v) is 3.80. The minimum absolute atomic E-state index is 0.0543. The summed E-state index contributed by atoms with van der Waals surface area (Å²) in [5.41, 5.74) is 0.0437. The van der Waals surface area contributed by atoms with Crippen molar-refractivity contribution in [1.29, 1.82) is 0 Å². The number of aromatic nitrogens is 1. The normalized spacial score (nSPS) is 20.8. The van der Waals surface area contributed by atoms with Gasteiger partial charge in [0.25, 0.3) is 0 Å². The lowest BCUT2D eigenvalue weighted by Gasteiger charge is -2.52. The first-order chi connectivity index (χ1) is 11.2. The SMILES string of the molecule is CC(C)(C)OC(=O)N1CCC2(CC1)CC(c1ncc(F)cc1F)C2. The number of halogens is 2. The van der Waals surface area contributed by atoms with Gasteiger partial charge in [-0.3, -0.25) is 4.98 Å². The second-order valence-corrected chi connectivity index (χ2v) is 8.09. The third-order valence-corrected chi connectivity index (χ3v) is 5.06. The molecule has 1 saturated heterocycles. The summed E-state index contributed by atoms with van der Waals surface area (Å²) >= 11 is 0. The zero-order chi connectivity index (χ0) is 17.5. The van der Waals surface area contributed by atoms with Crippen LogP contribution in [0.15, 0.2) is 12.3 Å². The Balaban J connectivity index is 1.54. The van der Waals surface area contributed by atoms with Crippen LogP contribution < -0.4 is 0 Å². The Morgan fingerprint density at radius 3 is 2.46 bits per heavy atom. The smallest absolute Gasteiger partial charge is 0.410 e. The van der Waals surface area contributed by atoms with Gasteiger partial charge in [-0.25, -0.2) is 13.6 Å². The molecule has 24 heavy (non-hydrogen) atoms. The minimum atomic E-state index is -0.643. The quantitative estimate of drug-likeness (QED) is 0.768. The molecule has 1 amide bonds. The molecule has 2 fully saturated rings. The Labute approximate surface area is 141 Å². The van der Waals surface area contributed by atoms with Crippen molar-refractivity contribution >= 4 is 6.09 Å². The molecule has 1 aromatic rings. The number of pyridine rings is 1. The molecular formula is C18H24F2N2O2. The summed E-state index contributed by atoms with van der Waals surface area (Å²) in [6, 6.07) is 0.901. The molecule has 2 heterocycles. The minimum Gasteiger partial charge on any atom is -0.444 e. The number of ether oxygens (including phenoxy) is 1. The Bertz CT molecular complexity index is 626. The van der Waals surface area contributed by atoms with Crippen LogP contribution in [-0.4, -0.2) is 34.7 Å². The number of piperidine rings is 1. The summed E-state index contributed by atoms with van der Waals surface area (Å²) in [6.07, 6.45) is 4.31. The lowest BCUT2D eigenvalue weighted by Crippen LogP contribution is -2.49. The van der Waals surface area contributed by atoms with Crippen LogP contribution in [0.1, 0.15) is 58.1 Å². The lowest BCUT2D eigenvalue weighted by molar-refractivity contribution is -0.0130. The van der Waals surface area contributed by atoms with Crippen molar-refractivity contribution < 1.29 is 18.3 Å². The first-order valence-electron chi connectivity index (χ1n) is 8.46. The van der Waals surface area contributed by atoms with Crippen LogP contribution in [0, 0.1) is 17.0 Å². The van der Waals surface area contributed by atoms with Crippen molar-refractivity contribution in [2.75, 3.05) is 13.1 Å². The van der Waals surface area contributed by atoms with Gasteiger partial charge in [0.15, 0.2) is 0 Å². The molecule has 1 aliphatic carbocycles. The standard InChI is InChI=1S/C18H24F2N2O2/c1-17(2,3)24-16(23)22-6-4-18(5-7-22)9-12(10-18)15-14(20)8-13(19)11-21-15/h8,11-12H,4-7,9-10H2,1-3H3. The summed E-state index contributed by atoms with van der Waals surface area (Å²) in [7, 11) is 0. The van der Waals surface area contributed by atoms with E-state index in [2.05, 4.69) is 4.98 Å². The zero-order valence-electron chi connectivity index (χ0n) is 14.4. The highest BCUT2D eigenvalue weighted by atomic mass is 19.1. The van der Waals surface area contributed by atoms with E-state index in [-0.39, 0.29) is 17.4 Å². The van der Waals surface area contributed by atoms with E-state index in [1.807, 2.05) is 20.8 Å². The highest BCUT2D eigenvalue weighted by Crippen LogP contribution is 2.56. The van der Waals surface area contributed by atoms with Crippen LogP contribution in [0.25, 0.3) is 0 Å². The van der Waals surface area contributed by atoms with Crippen LogP contribution in [-0.2, 0) is 4.74 Å². The molecule has 0 bridgehead atoms. The molecule has 6 heteroatoms. The van der Waals surface area contributed by atoms with Crippen LogP contribution in [0.3, 0.4) is 0 Å². The van der Waals surface area contributed by atoms with E-state index < -0.39 is 17.2 Å². The molecule has 0 unspecified atom stereocenters. The van der Waals surface area contributed by atoms with Crippen molar-refractivity contribution in [3.8, 4) is 0 Å². The average molecular weight is 338 g/mol. The van der Waals surface area contributed by atoms with Crippen molar-refractivity contribution in [3.63, 3.8) is 0 Å². The van der Waals surface area contributed by atoms with Gasteiger partial charge in [-0.2, -0.15) is 0 Å². The van der Waals surface area contributed by atoms with Gasteiger partial charge < -0.3 is 9.64 Å². The summed E-state index contributed by atoms with van der Waals surface area (Å²) in [5.74, 6) is -1.14. The second kappa shape index (κ2) is 5.97. The molecule has 2 aliphatic rings. The van der Waals surface area contributed by atoms with Gasteiger partial charge in [0.1, 0.15) is 17.2 Å². The predicted octanol–water partition coefficient (Wildman–Crippen LogP) is 4.25. The van der Waals surface area contributed by atoms with Crippen molar-refractivity contribution in [1.82, 2.24) is 9.88 Å². The number of amides is 1. The van der Waals surface area contributed by atoms with Gasteiger partial charge in [-0.05, 0) is 51.9 Å². The summed E-state index contributed by atoms with van der Waals surface area (Å²) in [5, 5.41) is 0. The van der Waals surface area contributed by atoms with Gasteiger partial charge in [0.2, 0.25) is 0 Å². The number of rotatable bonds is 1. The fraction of sp³-hybridized carbons (Fsp3) is 0.667. The molecule has 0 radical (unpaired) electrons. The third kappa shape index (κ3) is 3.52. The summed E-state index contributed by atoms with van der Waals surface area (Å²) in [6.45, 7) is 6.91. The molecule has 1 aliphatic heterocycles. The highest BCUT2D eigenvalue weighted by molar-refractivity contribution is 5.68. The molecule has 4 nitrogen and oxygen atoms in total. The lowest BCUT2D eigenvalue weighted by atomic mass is 9.56. The van der Waals surface area contributed by atoms with E-state index >= 15 is 0 Å². The van der Waals surface area contributed by atoms with Crippen molar-refractivity contribution in [3.05, 3.63) is 29.6 Å². The summed E-state index contributed by atoms with van der Waals surface area (Å²) < 4.78 is 32.2. The maximum absolute atomic E-state index is 13.8. The monoisotopic (exact) mass is 338 g/mol. The zero-order valence-corrected chi connectivity index (χ0v) is 14.4. The Hall–Kier alpha value is -1.72. The van der Waals surface area contributed by atoms with Crippen LogP contribution in [0.4, 0.5) is 13.6 Å². The van der Waals surface area contributed by atoms with E-state index in [4.69, 9.17) is 4.74 Å². The first-order valence-corrected chi connectivity index (χ1v) is 8.46. The average Bonchev–Trinajstić information content (AvgIpc) is 2.43. The van der Waals surface area contributed by atoms with Gasteiger partial charge in [0.05, 0.1) is 11.9 Å². The first kappa shape index (κ1) is 17.1. The second-order valence-electron chi connectivity index (χ2n) is 8.09. The number of nitrogens with zero attached hydrogens (tertiary/aromatic N) is 2. The Morgan fingerprint density at radius 2 is 1.92 bits per heavy atom. The van der Waals surface area contributed by atoms with Gasteiger partial charge in [-0.15, -0.1) is 0 Å². The number of likely N-dealkylation sites (tertiary alicyclic amines) is 1. The fourth-order valence-electron chi connectivity index (χ4n) is 3.80. The molecule has 132 valence electrons. The molecule has 1 aromatic heterocycles. The predicted molar refractivity (Wildman–Crippen MR) is 85.6 cm³/mol.